The molecule has 1 aromatic rings. The smallest absolute Gasteiger partial charge is 0.378 e. The van der Waals surface area contributed by atoms with Gasteiger partial charge < -0.3 is 9.84 Å². The Balaban J connectivity index is 0.00000289. The summed E-state index contributed by atoms with van der Waals surface area (Å²) < 4.78 is 4.45. The van der Waals surface area contributed by atoms with Crippen molar-refractivity contribution >= 4 is 48.0 Å². The summed E-state index contributed by atoms with van der Waals surface area (Å²) in [6.45, 7) is 1.64. The zero-order valence-corrected chi connectivity index (χ0v) is 10.7. The van der Waals surface area contributed by atoms with E-state index in [1.54, 1.807) is 6.92 Å². The number of ketones is 1. The van der Waals surface area contributed by atoms with Gasteiger partial charge in [0.25, 0.3) is 5.78 Å². The minimum absolute atomic E-state index is 0. The van der Waals surface area contributed by atoms with Crippen molar-refractivity contribution in [2.45, 2.75) is 6.92 Å². The van der Waals surface area contributed by atoms with E-state index in [4.69, 9.17) is 11.6 Å². The fourth-order valence-electron chi connectivity index (χ4n) is 1.02. The molecule has 1 radical (unpaired) electrons. The number of carbonyl (C=O) groups excluding carboxylic acids is 2. The average molecular weight is 262 g/mol. The van der Waals surface area contributed by atoms with Crippen molar-refractivity contribution in [1.29, 1.82) is 0 Å². The first-order valence-corrected chi connectivity index (χ1v) is 5.14. The third-order valence-corrected chi connectivity index (χ3v) is 1.96. The van der Waals surface area contributed by atoms with Crippen molar-refractivity contribution in [3.05, 3.63) is 35.1 Å². The van der Waals surface area contributed by atoms with Crippen molar-refractivity contribution in [3.8, 4) is 0 Å². The van der Waals surface area contributed by atoms with Crippen LogP contribution in [0.1, 0.15) is 12.5 Å². The van der Waals surface area contributed by atoms with E-state index in [2.05, 4.69) is 9.72 Å². The normalized spacial score (nSPS) is 10.4. The minimum atomic E-state index is -1.05. The van der Waals surface area contributed by atoms with Crippen LogP contribution in [0.4, 0.5) is 0 Å². The molecular formula is C11H9ClLiNO4-. The molecule has 0 unspecified atom stereocenters. The summed E-state index contributed by atoms with van der Waals surface area (Å²) >= 11 is 5.58. The van der Waals surface area contributed by atoms with Crippen molar-refractivity contribution < 1.29 is 19.4 Å². The number of carbonyl (C=O) groups is 2. The molecule has 0 fully saturated rings. The summed E-state index contributed by atoms with van der Waals surface area (Å²) in [4.78, 5) is 25.9. The molecule has 18 heavy (non-hydrogen) atoms. The molecular weight excluding hydrogens is 253 g/mol. The van der Waals surface area contributed by atoms with E-state index < -0.39 is 17.5 Å². The monoisotopic (exact) mass is 261 g/mol. The Morgan fingerprint density at radius 2 is 2.22 bits per heavy atom. The van der Waals surface area contributed by atoms with Gasteiger partial charge >= 0.3 is 5.97 Å². The third-order valence-electron chi connectivity index (χ3n) is 1.75. The van der Waals surface area contributed by atoms with Gasteiger partial charge in [-0.25, -0.2) is 9.78 Å². The van der Waals surface area contributed by atoms with Gasteiger partial charge in [-0.1, -0.05) is 17.4 Å². The van der Waals surface area contributed by atoms with Gasteiger partial charge in [-0.3, -0.25) is 4.79 Å². The SMILES string of the molecule is CCOC(=O)C(=O)C=C([O-])c1ccnc(Cl)c1.[Li]. The quantitative estimate of drug-likeness (QED) is 0.193. The molecule has 0 spiro atoms. The Morgan fingerprint density at radius 3 is 2.78 bits per heavy atom. The van der Waals surface area contributed by atoms with Crippen LogP contribution < -0.4 is 5.11 Å². The van der Waals surface area contributed by atoms with Crippen molar-refractivity contribution in [1.82, 2.24) is 4.98 Å². The topological polar surface area (TPSA) is 79.3 Å². The molecule has 7 heteroatoms. The molecule has 0 aliphatic carbocycles. The number of ether oxygens (including phenoxy) is 1. The third kappa shape index (κ3) is 4.92. The molecule has 1 heterocycles. The number of pyridine rings is 1. The molecule has 0 saturated heterocycles. The Hall–Kier alpha value is -1.28. The molecule has 5 nitrogen and oxygen atoms in total. The molecule has 0 aliphatic heterocycles. The van der Waals surface area contributed by atoms with Gasteiger partial charge in [0, 0.05) is 25.1 Å². The Labute approximate surface area is 121 Å². The van der Waals surface area contributed by atoms with Gasteiger partial charge in [-0.05, 0) is 30.7 Å². The van der Waals surface area contributed by atoms with Crippen LogP contribution in [0.15, 0.2) is 24.4 Å². The molecule has 0 aliphatic rings. The van der Waals surface area contributed by atoms with Crippen LogP contribution in [0.25, 0.3) is 5.76 Å². The number of hydrogen-bond donors (Lipinski definition) is 0. The zero-order valence-electron chi connectivity index (χ0n) is 9.97. The second-order valence-electron chi connectivity index (χ2n) is 2.96. The number of hydrogen-bond acceptors (Lipinski definition) is 5. The molecule has 0 amide bonds. The average Bonchev–Trinajstić information content (AvgIpc) is 2.29. The van der Waals surface area contributed by atoms with Crippen LogP contribution >= 0.6 is 11.6 Å². The number of esters is 1. The van der Waals surface area contributed by atoms with Crippen LogP contribution in [0.2, 0.25) is 5.15 Å². The molecule has 0 atom stereocenters. The van der Waals surface area contributed by atoms with Crippen molar-refractivity contribution in [2.75, 3.05) is 6.61 Å². The van der Waals surface area contributed by atoms with Crippen LogP contribution in [0.3, 0.4) is 0 Å². The van der Waals surface area contributed by atoms with E-state index >= 15 is 0 Å². The Bertz CT molecular complexity index is 476. The summed E-state index contributed by atoms with van der Waals surface area (Å²) in [7, 11) is 0. The van der Waals surface area contributed by atoms with Crippen LogP contribution in [-0.4, -0.2) is 42.2 Å². The van der Waals surface area contributed by atoms with Gasteiger partial charge in [0.15, 0.2) is 0 Å². The van der Waals surface area contributed by atoms with Crippen molar-refractivity contribution in [2.24, 2.45) is 0 Å². The summed E-state index contributed by atoms with van der Waals surface area (Å²) in [5.41, 5.74) is 0.183. The maximum Gasteiger partial charge on any atom is 0.378 e. The fourth-order valence-corrected chi connectivity index (χ4v) is 1.19. The molecule has 1 rings (SSSR count). The van der Waals surface area contributed by atoms with E-state index in [1.165, 1.54) is 18.3 Å². The molecule has 0 aromatic carbocycles. The van der Waals surface area contributed by atoms with E-state index in [0.29, 0.717) is 6.08 Å². The molecule has 0 bridgehead atoms. The van der Waals surface area contributed by atoms with Gasteiger partial charge in [0.2, 0.25) is 0 Å². The number of nitrogens with zero attached hydrogens (tertiary/aromatic N) is 1. The van der Waals surface area contributed by atoms with Crippen LogP contribution in [0.5, 0.6) is 0 Å². The summed E-state index contributed by atoms with van der Waals surface area (Å²) in [6, 6.07) is 2.70. The second-order valence-corrected chi connectivity index (χ2v) is 3.35. The predicted octanol–water partition coefficient (Wildman–Crippen LogP) is 0.188. The van der Waals surface area contributed by atoms with Gasteiger partial charge in [-0.2, -0.15) is 0 Å². The Kier molecular flexibility index (Phi) is 7.37. The van der Waals surface area contributed by atoms with E-state index in [1.807, 2.05) is 0 Å². The second kappa shape index (κ2) is 7.93. The van der Waals surface area contributed by atoms with E-state index in [-0.39, 0.29) is 36.2 Å². The summed E-state index contributed by atoms with van der Waals surface area (Å²) in [5, 5.41) is 11.7. The molecule has 0 N–H and O–H groups in total. The van der Waals surface area contributed by atoms with Crippen molar-refractivity contribution in [3.63, 3.8) is 0 Å². The maximum atomic E-state index is 11.5. The van der Waals surface area contributed by atoms with Crippen LogP contribution in [0, 0.1) is 0 Å². The Morgan fingerprint density at radius 1 is 1.56 bits per heavy atom. The summed E-state index contributed by atoms with van der Waals surface area (Å²) in [5.74, 6) is -2.67. The molecule has 91 valence electrons. The van der Waals surface area contributed by atoms with Crippen LogP contribution in [-0.2, 0) is 14.3 Å². The molecule has 0 saturated carbocycles. The van der Waals surface area contributed by atoms with Gasteiger partial charge in [-0.15, -0.1) is 0 Å². The number of rotatable bonds is 4. The fraction of sp³-hybridized carbons (Fsp3) is 0.182. The largest absolute Gasteiger partial charge is 0.872 e. The first-order chi connectivity index (χ1) is 8.04. The van der Waals surface area contributed by atoms with E-state index in [9.17, 15) is 14.7 Å². The first-order valence-electron chi connectivity index (χ1n) is 4.76. The van der Waals surface area contributed by atoms with E-state index in [0.717, 1.165) is 0 Å². The maximum absolute atomic E-state index is 11.5. The number of aromatic nitrogens is 1. The molecule has 1 aromatic heterocycles. The summed E-state index contributed by atoms with van der Waals surface area (Å²) in [6.07, 6.45) is 2.00. The standard InChI is InChI=1S/C11H10ClNO4.Li/c1-2-17-11(16)9(15)6-8(14)7-3-4-13-10(12)5-7;/h3-6,14H,2H2,1H3;/p-1. The van der Waals surface area contributed by atoms with Gasteiger partial charge in [0.1, 0.15) is 5.15 Å². The minimum Gasteiger partial charge on any atom is -0.872 e. The first kappa shape index (κ1) is 16.7. The number of halogens is 1. The van der Waals surface area contributed by atoms with Gasteiger partial charge in [0.05, 0.1) is 6.61 Å². The zero-order chi connectivity index (χ0) is 12.8. The predicted molar refractivity (Wildman–Crippen MR) is 64.6 cm³/mol.